The van der Waals surface area contributed by atoms with Crippen LogP contribution < -0.4 is 4.74 Å². The third kappa shape index (κ3) is 3.37. The van der Waals surface area contributed by atoms with Crippen LogP contribution in [-0.4, -0.2) is 37.8 Å². The maximum atomic E-state index is 11.8. The maximum Gasteiger partial charge on any atom is 0.119 e. The summed E-state index contributed by atoms with van der Waals surface area (Å²) in [4.78, 5) is 3.30. The molecule has 4 heteroatoms. The topological polar surface area (TPSA) is 32.7 Å². The molecule has 130 valence electrons. The van der Waals surface area contributed by atoms with Crippen molar-refractivity contribution < 1.29 is 9.84 Å². The van der Waals surface area contributed by atoms with Crippen LogP contribution in [0.2, 0.25) is 0 Å². The summed E-state index contributed by atoms with van der Waals surface area (Å²) in [5.41, 5.74) is 0.501. The van der Waals surface area contributed by atoms with Crippen molar-refractivity contribution in [2.75, 3.05) is 27.7 Å². The Morgan fingerprint density at radius 1 is 1.21 bits per heavy atom. The Morgan fingerprint density at radius 3 is 2.67 bits per heavy atom. The molecule has 3 atom stereocenters. The first-order valence-corrected chi connectivity index (χ1v) is 9.46. The lowest BCUT2D eigenvalue weighted by Crippen LogP contribution is -2.41. The van der Waals surface area contributed by atoms with E-state index in [0.717, 1.165) is 36.4 Å². The van der Waals surface area contributed by atoms with Crippen LogP contribution in [0.5, 0.6) is 5.75 Å². The monoisotopic (exact) mass is 345 g/mol. The molecular formula is C20H27NO2S. The van der Waals surface area contributed by atoms with E-state index in [1.165, 1.54) is 5.56 Å². The first-order chi connectivity index (χ1) is 11.5. The first-order valence-electron chi connectivity index (χ1n) is 8.58. The van der Waals surface area contributed by atoms with Crippen LogP contribution in [0.3, 0.4) is 0 Å². The summed E-state index contributed by atoms with van der Waals surface area (Å²) in [5.74, 6) is 1.41. The average molecular weight is 346 g/mol. The minimum absolute atomic E-state index is 0.244. The molecule has 1 aliphatic carbocycles. The van der Waals surface area contributed by atoms with Gasteiger partial charge in [-0.2, -0.15) is 0 Å². The van der Waals surface area contributed by atoms with Crippen LogP contribution in [-0.2, 0) is 12.0 Å². The Bertz CT molecular complexity index is 655. The average Bonchev–Trinajstić information content (AvgIpc) is 3.19. The summed E-state index contributed by atoms with van der Waals surface area (Å²) in [6, 6.07) is 12.4. The van der Waals surface area contributed by atoms with Crippen LogP contribution >= 0.6 is 11.3 Å². The number of hydrogen-bond donors (Lipinski definition) is 1. The number of benzene rings is 1. The SMILES string of the molecule is COc1cccc(CC2CCC(CN(C)C)C2(O)c2cccs2)c1. The molecule has 1 N–H and O–H groups in total. The molecule has 3 nitrogen and oxygen atoms in total. The fraction of sp³-hybridized carbons (Fsp3) is 0.500. The number of hydrogen-bond acceptors (Lipinski definition) is 4. The molecule has 1 heterocycles. The molecule has 1 fully saturated rings. The predicted octanol–water partition coefficient (Wildman–Crippen LogP) is 3.77. The molecule has 3 rings (SSSR count). The predicted molar refractivity (Wildman–Crippen MR) is 99.7 cm³/mol. The molecule has 24 heavy (non-hydrogen) atoms. The van der Waals surface area contributed by atoms with Crippen molar-refractivity contribution in [3.8, 4) is 5.75 Å². The van der Waals surface area contributed by atoms with E-state index >= 15 is 0 Å². The minimum atomic E-state index is -0.735. The summed E-state index contributed by atoms with van der Waals surface area (Å²) in [6.07, 6.45) is 3.01. The second kappa shape index (κ2) is 7.26. The summed E-state index contributed by atoms with van der Waals surface area (Å²) in [7, 11) is 5.87. The van der Waals surface area contributed by atoms with E-state index < -0.39 is 5.60 Å². The number of thiophene rings is 1. The second-order valence-electron chi connectivity index (χ2n) is 7.09. The first kappa shape index (κ1) is 17.5. The number of rotatable bonds is 6. The molecule has 0 radical (unpaired) electrons. The van der Waals surface area contributed by atoms with Gasteiger partial charge in [0.1, 0.15) is 11.4 Å². The summed E-state index contributed by atoms with van der Waals surface area (Å²) in [6.45, 7) is 0.920. The zero-order valence-electron chi connectivity index (χ0n) is 14.7. The summed E-state index contributed by atoms with van der Waals surface area (Å²) >= 11 is 1.68. The number of aliphatic hydroxyl groups is 1. The van der Waals surface area contributed by atoms with E-state index in [0.29, 0.717) is 0 Å². The second-order valence-corrected chi connectivity index (χ2v) is 8.04. The van der Waals surface area contributed by atoms with E-state index in [-0.39, 0.29) is 11.8 Å². The van der Waals surface area contributed by atoms with Gasteiger partial charge in [0.05, 0.1) is 7.11 Å². The van der Waals surface area contributed by atoms with Gasteiger partial charge >= 0.3 is 0 Å². The molecule has 3 unspecified atom stereocenters. The Morgan fingerprint density at radius 2 is 2.00 bits per heavy atom. The highest BCUT2D eigenvalue weighted by Gasteiger charge is 2.50. The molecule has 1 saturated carbocycles. The fourth-order valence-corrected chi connectivity index (χ4v) is 5.08. The van der Waals surface area contributed by atoms with Crippen molar-refractivity contribution in [1.29, 1.82) is 0 Å². The minimum Gasteiger partial charge on any atom is -0.497 e. The van der Waals surface area contributed by atoms with Gasteiger partial charge in [0.2, 0.25) is 0 Å². The van der Waals surface area contributed by atoms with E-state index in [9.17, 15) is 5.11 Å². The third-order valence-electron chi connectivity index (χ3n) is 5.23. The Kier molecular flexibility index (Phi) is 5.28. The lowest BCUT2D eigenvalue weighted by atomic mass is 9.79. The standard InChI is InChI=1S/C20H27NO2S/c1-21(2)14-17-10-9-16(20(17,22)19-8-5-11-24-19)12-15-6-4-7-18(13-15)23-3/h4-8,11,13,16-17,22H,9-10,12,14H2,1-3H3. The fourth-order valence-electron chi connectivity index (χ4n) is 4.10. The molecular weight excluding hydrogens is 318 g/mol. The van der Waals surface area contributed by atoms with Gasteiger partial charge in [0.25, 0.3) is 0 Å². The zero-order chi connectivity index (χ0) is 17.2. The highest BCUT2D eigenvalue weighted by Crippen LogP contribution is 2.50. The van der Waals surface area contributed by atoms with Crippen molar-refractivity contribution in [2.24, 2.45) is 11.8 Å². The quantitative estimate of drug-likeness (QED) is 0.865. The molecule has 2 aromatic rings. The summed E-state index contributed by atoms with van der Waals surface area (Å²) in [5, 5.41) is 13.8. The normalized spacial score (nSPS) is 26.9. The van der Waals surface area contributed by atoms with Gasteiger partial charge in [-0.1, -0.05) is 18.2 Å². The van der Waals surface area contributed by atoms with E-state index in [2.05, 4.69) is 42.6 Å². The molecule has 1 aromatic heterocycles. The molecule has 1 aromatic carbocycles. The molecule has 1 aliphatic rings. The van der Waals surface area contributed by atoms with Gasteiger partial charge in [0, 0.05) is 17.3 Å². The van der Waals surface area contributed by atoms with Gasteiger partial charge in [-0.05, 0) is 68.4 Å². The van der Waals surface area contributed by atoms with Gasteiger partial charge in [-0.3, -0.25) is 0 Å². The molecule has 0 spiro atoms. The van der Waals surface area contributed by atoms with Crippen LogP contribution in [0.1, 0.15) is 23.3 Å². The Labute approximate surface area is 148 Å². The van der Waals surface area contributed by atoms with Crippen molar-refractivity contribution >= 4 is 11.3 Å². The lowest BCUT2D eigenvalue weighted by Gasteiger charge is -2.36. The van der Waals surface area contributed by atoms with Crippen LogP contribution in [0.15, 0.2) is 41.8 Å². The van der Waals surface area contributed by atoms with E-state index in [1.54, 1.807) is 18.4 Å². The van der Waals surface area contributed by atoms with Gasteiger partial charge in [-0.25, -0.2) is 0 Å². The van der Waals surface area contributed by atoms with E-state index in [4.69, 9.17) is 4.74 Å². The molecule has 0 aliphatic heterocycles. The van der Waals surface area contributed by atoms with Crippen molar-refractivity contribution in [1.82, 2.24) is 4.90 Å². The molecule has 0 saturated heterocycles. The Hall–Kier alpha value is -1.36. The largest absolute Gasteiger partial charge is 0.497 e. The van der Waals surface area contributed by atoms with Crippen molar-refractivity contribution in [3.05, 3.63) is 52.2 Å². The number of ether oxygens (including phenoxy) is 1. The molecule has 0 bridgehead atoms. The third-order valence-corrected chi connectivity index (χ3v) is 6.24. The van der Waals surface area contributed by atoms with Gasteiger partial charge in [0.15, 0.2) is 0 Å². The molecule has 0 amide bonds. The Balaban J connectivity index is 1.88. The van der Waals surface area contributed by atoms with Crippen LogP contribution in [0, 0.1) is 11.8 Å². The van der Waals surface area contributed by atoms with E-state index in [1.807, 2.05) is 18.2 Å². The smallest absolute Gasteiger partial charge is 0.119 e. The van der Waals surface area contributed by atoms with Crippen LogP contribution in [0.25, 0.3) is 0 Å². The van der Waals surface area contributed by atoms with Gasteiger partial charge in [-0.15, -0.1) is 11.3 Å². The maximum absolute atomic E-state index is 11.8. The number of methoxy groups -OCH3 is 1. The summed E-state index contributed by atoms with van der Waals surface area (Å²) < 4.78 is 5.35. The van der Waals surface area contributed by atoms with Crippen molar-refractivity contribution in [3.63, 3.8) is 0 Å². The lowest BCUT2D eigenvalue weighted by molar-refractivity contribution is -0.0457. The van der Waals surface area contributed by atoms with Gasteiger partial charge < -0.3 is 14.7 Å². The highest BCUT2D eigenvalue weighted by atomic mass is 32.1. The van der Waals surface area contributed by atoms with Crippen LogP contribution in [0.4, 0.5) is 0 Å². The van der Waals surface area contributed by atoms with Crippen molar-refractivity contribution in [2.45, 2.75) is 24.9 Å². The highest BCUT2D eigenvalue weighted by molar-refractivity contribution is 7.10. The number of nitrogens with zero attached hydrogens (tertiary/aromatic N) is 1. The zero-order valence-corrected chi connectivity index (χ0v) is 15.6.